The number of benzene rings is 2. The van der Waals surface area contributed by atoms with E-state index in [-0.39, 0.29) is 30.4 Å². The molecule has 5 nitrogen and oxygen atoms in total. The Balaban J connectivity index is 1.32. The summed E-state index contributed by atoms with van der Waals surface area (Å²) in [4.78, 5) is 29.5. The van der Waals surface area contributed by atoms with E-state index < -0.39 is 0 Å². The largest absolute Gasteiger partial charge is 0.367 e. The van der Waals surface area contributed by atoms with Crippen LogP contribution < -0.4 is 10.2 Å². The molecule has 2 aromatic rings. The number of amides is 2. The van der Waals surface area contributed by atoms with Gasteiger partial charge in [-0.05, 0) is 54.7 Å². The molecule has 1 saturated carbocycles. The predicted octanol–water partition coefficient (Wildman–Crippen LogP) is 3.13. The topological polar surface area (TPSA) is 52.7 Å². The van der Waals surface area contributed by atoms with Gasteiger partial charge in [0.25, 0.3) is 5.91 Å². The van der Waals surface area contributed by atoms with E-state index in [1.807, 2.05) is 24.3 Å². The number of fused-ring (bicyclic) bond motifs is 2. The highest BCUT2D eigenvalue weighted by Crippen LogP contribution is 2.28. The van der Waals surface area contributed by atoms with E-state index >= 15 is 0 Å². The molecule has 0 spiro atoms. The molecule has 1 N–H and O–H groups in total. The highest BCUT2D eigenvalue weighted by molar-refractivity contribution is 5.97. The first kappa shape index (κ1) is 18.2. The summed E-state index contributed by atoms with van der Waals surface area (Å²) in [6.45, 7) is 2.06. The Labute approximate surface area is 171 Å². The SMILES string of the molecule is O=C1CN(C(=O)c2ccc(N3CCc4ccccc4C3)cc2)C2CCCCC2N1. The second-order valence-electron chi connectivity index (χ2n) is 8.45. The molecule has 3 aliphatic rings. The molecule has 2 fully saturated rings. The Hall–Kier alpha value is -2.82. The molecule has 5 rings (SSSR count). The van der Waals surface area contributed by atoms with Crippen molar-refractivity contribution in [2.24, 2.45) is 0 Å². The fourth-order valence-electron chi connectivity index (χ4n) is 5.10. The van der Waals surface area contributed by atoms with Crippen molar-refractivity contribution in [2.45, 2.75) is 50.7 Å². The maximum absolute atomic E-state index is 13.2. The van der Waals surface area contributed by atoms with Gasteiger partial charge in [-0.3, -0.25) is 9.59 Å². The van der Waals surface area contributed by atoms with Crippen molar-refractivity contribution < 1.29 is 9.59 Å². The van der Waals surface area contributed by atoms with E-state index in [1.54, 1.807) is 4.90 Å². The zero-order chi connectivity index (χ0) is 19.8. The van der Waals surface area contributed by atoms with Crippen LogP contribution in [0.25, 0.3) is 0 Å². The lowest BCUT2D eigenvalue weighted by Crippen LogP contribution is -2.62. The minimum absolute atomic E-state index is 0.0210. The molecule has 2 heterocycles. The summed E-state index contributed by atoms with van der Waals surface area (Å²) < 4.78 is 0. The van der Waals surface area contributed by atoms with Gasteiger partial charge in [0.1, 0.15) is 6.54 Å². The number of hydrogen-bond donors (Lipinski definition) is 1. The molecule has 2 unspecified atom stereocenters. The Morgan fingerprint density at radius 1 is 0.931 bits per heavy atom. The molecule has 29 heavy (non-hydrogen) atoms. The maximum Gasteiger partial charge on any atom is 0.254 e. The first-order valence-corrected chi connectivity index (χ1v) is 10.7. The van der Waals surface area contributed by atoms with Gasteiger partial charge in [-0.2, -0.15) is 0 Å². The number of rotatable bonds is 2. The normalized spacial score (nSPS) is 23.8. The van der Waals surface area contributed by atoms with Gasteiger partial charge in [0.2, 0.25) is 5.91 Å². The summed E-state index contributed by atoms with van der Waals surface area (Å²) in [7, 11) is 0. The van der Waals surface area contributed by atoms with Gasteiger partial charge in [0.05, 0.1) is 6.04 Å². The molecule has 1 aliphatic carbocycles. The maximum atomic E-state index is 13.2. The first-order chi connectivity index (χ1) is 14.2. The van der Waals surface area contributed by atoms with Crippen molar-refractivity contribution >= 4 is 17.5 Å². The molecule has 2 amide bonds. The summed E-state index contributed by atoms with van der Waals surface area (Å²) >= 11 is 0. The lowest BCUT2D eigenvalue weighted by atomic mass is 9.87. The van der Waals surface area contributed by atoms with E-state index in [4.69, 9.17) is 0 Å². The third-order valence-electron chi connectivity index (χ3n) is 6.66. The standard InChI is InChI=1S/C24H27N3O2/c28-23-16-27(22-8-4-3-7-21(22)25-23)24(29)18-9-11-20(12-10-18)26-14-13-17-5-1-2-6-19(17)15-26/h1-2,5-6,9-12,21-22H,3-4,7-8,13-16H2,(H,25,28). The van der Waals surface area contributed by atoms with E-state index in [0.29, 0.717) is 5.56 Å². The summed E-state index contributed by atoms with van der Waals surface area (Å²) in [6, 6.07) is 16.8. The van der Waals surface area contributed by atoms with Crippen LogP contribution in [0.1, 0.15) is 47.2 Å². The second-order valence-corrected chi connectivity index (χ2v) is 8.45. The molecule has 150 valence electrons. The van der Waals surface area contributed by atoms with Gasteiger partial charge in [-0.1, -0.05) is 37.1 Å². The Kier molecular flexibility index (Phi) is 4.74. The zero-order valence-electron chi connectivity index (χ0n) is 16.6. The van der Waals surface area contributed by atoms with Crippen molar-refractivity contribution in [3.63, 3.8) is 0 Å². The van der Waals surface area contributed by atoms with Crippen LogP contribution in [0.15, 0.2) is 48.5 Å². The third-order valence-corrected chi connectivity index (χ3v) is 6.66. The smallest absolute Gasteiger partial charge is 0.254 e. The zero-order valence-corrected chi connectivity index (χ0v) is 16.6. The van der Waals surface area contributed by atoms with Gasteiger partial charge in [-0.25, -0.2) is 0 Å². The predicted molar refractivity (Wildman–Crippen MR) is 113 cm³/mol. The summed E-state index contributed by atoms with van der Waals surface area (Å²) in [5.41, 5.74) is 4.62. The lowest BCUT2D eigenvalue weighted by Gasteiger charge is -2.44. The summed E-state index contributed by atoms with van der Waals surface area (Å²) in [5.74, 6) is -0.0580. The molecule has 2 atom stereocenters. The van der Waals surface area contributed by atoms with Crippen LogP contribution in [-0.4, -0.2) is 41.9 Å². The first-order valence-electron chi connectivity index (χ1n) is 10.7. The van der Waals surface area contributed by atoms with Gasteiger partial charge in [-0.15, -0.1) is 0 Å². The Morgan fingerprint density at radius 3 is 2.52 bits per heavy atom. The van der Waals surface area contributed by atoms with Crippen LogP contribution in [0.5, 0.6) is 0 Å². The monoisotopic (exact) mass is 389 g/mol. The van der Waals surface area contributed by atoms with Crippen LogP contribution in [0.2, 0.25) is 0 Å². The van der Waals surface area contributed by atoms with Gasteiger partial charge < -0.3 is 15.1 Å². The summed E-state index contributed by atoms with van der Waals surface area (Å²) in [6.07, 6.45) is 5.23. The average molecular weight is 389 g/mol. The van der Waals surface area contributed by atoms with Crippen LogP contribution >= 0.6 is 0 Å². The van der Waals surface area contributed by atoms with E-state index in [0.717, 1.165) is 50.9 Å². The second kappa shape index (κ2) is 7.54. The molecule has 0 aromatic heterocycles. The van der Waals surface area contributed by atoms with Crippen LogP contribution in [0.3, 0.4) is 0 Å². The van der Waals surface area contributed by atoms with Crippen molar-refractivity contribution in [3.05, 3.63) is 65.2 Å². The number of carbonyl (C=O) groups excluding carboxylic acids is 2. The van der Waals surface area contributed by atoms with Crippen molar-refractivity contribution in [1.29, 1.82) is 0 Å². The van der Waals surface area contributed by atoms with Crippen LogP contribution in [0, 0.1) is 0 Å². The number of piperazine rings is 1. The molecule has 2 aliphatic heterocycles. The number of anilines is 1. The van der Waals surface area contributed by atoms with E-state index in [9.17, 15) is 9.59 Å². The average Bonchev–Trinajstić information content (AvgIpc) is 2.78. The van der Waals surface area contributed by atoms with Gasteiger partial charge >= 0.3 is 0 Å². The Morgan fingerprint density at radius 2 is 1.69 bits per heavy atom. The van der Waals surface area contributed by atoms with Gasteiger partial charge in [0.15, 0.2) is 0 Å². The highest BCUT2D eigenvalue weighted by atomic mass is 16.2. The van der Waals surface area contributed by atoms with E-state index in [1.165, 1.54) is 11.1 Å². The van der Waals surface area contributed by atoms with Gasteiger partial charge in [0, 0.05) is 30.4 Å². The number of nitrogens with one attached hydrogen (secondary N) is 1. The molecule has 5 heteroatoms. The molecule has 0 bridgehead atoms. The quantitative estimate of drug-likeness (QED) is 0.859. The Bertz CT molecular complexity index is 924. The molecular weight excluding hydrogens is 362 g/mol. The molecular formula is C24H27N3O2. The van der Waals surface area contributed by atoms with Crippen LogP contribution in [0.4, 0.5) is 5.69 Å². The summed E-state index contributed by atoms with van der Waals surface area (Å²) in [5, 5.41) is 3.08. The minimum Gasteiger partial charge on any atom is -0.367 e. The lowest BCUT2D eigenvalue weighted by molar-refractivity contribution is -0.127. The molecule has 2 aromatic carbocycles. The van der Waals surface area contributed by atoms with Crippen molar-refractivity contribution in [3.8, 4) is 0 Å². The van der Waals surface area contributed by atoms with E-state index in [2.05, 4.69) is 34.5 Å². The number of nitrogens with zero attached hydrogens (tertiary/aromatic N) is 2. The molecule has 0 radical (unpaired) electrons. The fourth-order valence-corrected chi connectivity index (χ4v) is 5.10. The third kappa shape index (κ3) is 3.50. The highest BCUT2D eigenvalue weighted by Gasteiger charge is 2.39. The minimum atomic E-state index is -0.0369. The number of hydrogen-bond acceptors (Lipinski definition) is 3. The fraction of sp³-hybridized carbons (Fsp3) is 0.417. The molecule has 1 saturated heterocycles. The van der Waals surface area contributed by atoms with Crippen LogP contribution in [-0.2, 0) is 17.8 Å². The van der Waals surface area contributed by atoms with Crippen molar-refractivity contribution in [2.75, 3.05) is 18.0 Å². The van der Waals surface area contributed by atoms with Crippen molar-refractivity contribution in [1.82, 2.24) is 10.2 Å². The number of carbonyl (C=O) groups is 2.